The van der Waals surface area contributed by atoms with Crippen LogP contribution < -0.4 is 4.72 Å². The normalized spacial score (nSPS) is 11.9. The third-order valence-electron chi connectivity index (χ3n) is 3.94. The fourth-order valence-corrected chi connectivity index (χ4v) is 4.02. The maximum Gasteiger partial charge on any atom is 0.240 e. The maximum atomic E-state index is 12.4. The zero-order valence-electron chi connectivity index (χ0n) is 13.3. The van der Waals surface area contributed by atoms with Gasteiger partial charge in [0, 0.05) is 18.3 Å². The number of aromatic nitrogens is 1. The molecule has 0 aliphatic carbocycles. The molecule has 0 aliphatic heterocycles. The molecule has 0 aliphatic rings. The number of rotatable bonds is 5. The van der Waals surface area contributed by atoms with E-state index in [1.54, 1.807) is 6.07 Å². The Morgan fingerprint density at radius 2 is 1.87 bits per heavy atom. The molecule has 2 aromatic carbocycles. The zero-order valence-corrected chi connectivity index (χ0v) is 14.1. The highest BCUT2D eigenvalue weighted by atomic mass is 32.2. The van der Waals surface area contributed by atoms with Gasteiger partial charge in [-0.05, 0) is 61.0 Å². The second kappa shape index (κ2) is 6.18. The number of aryl methyl sites for hydroxylation is 2. The second-order valence-electron chi connectivity index (χ2n) is 5.82. The number of hydrogen-bond donors (Lipinski definition) is 2. The molecule has 23 heavy (non-hydrogen) atoms. The van der Waals surface area contributed by atoms with Gasteiger partial charge in [0.2, 0.25) is 10.0 Å². The van der Waals surface area contributed by atoms with Crippen molar-refractivity contribution in [2.75, 3.05) is 6.54 Å². The molecule has 0 unspecified atom stereocenters. The van der Waals surface area contributed by atoms with E-state index in [0.717, 1.165) is 27.6 Å². The van der Waals surface area contributed by atoms with E-state index < -0.39 is 10.0 Å². The Morgan fingerprint density at radius 3 is 2.65 bits per heavy atom. The highest BCUT2D eigenvalue weighted by Gasteiger charge is 2.15. The minimum absolute atomic E-state index is 0.351. The number of H-pyrrole nitrogens is 1. The fraction of sp³-hybridized carbons (Fsp3) is 0.222. The lowest BCUT2D eigenvalue weighted by molar-refractivity contribution is 0.581. The van der Waals surface area contributed by atoms with Crippen molar-refractivity contribution in [2.45, 2.75) is 25.2 Å². The van der Waals surface area contributed by atoms with Crippen molar-refractivity contribution in [2.24, 2.45) is 0 Å². The van der Waals surface area contributed by atoms with Crippen LogP contribution in [0.1, 0.15) is 16.7 Å². The van der Waals surface area contributed by atoms with E-state index in [1.807, 2.05) is 50.4 Å². The SMILES string of the molecule is Cc1ccc(S(=O)(=O)NCCc2ccc3[nH]ccc3c2)c(C)c1. The molecule has 1 aromatic heterocycles. The van der Waals surface area contributed by atoms with Crippen molar-refractivity contribution < 1.29 is 8.42 Å². The van der Waals surface area contributed by atoms with Crippen molar-refractivity contribution in [1.82, 2.24) is 9.71 Å². The Balaban J connectivity index is 1.69. The van der Waals surface area contributed by atoms with E-state index in [1.165, 1.54) is 0 Å². The number of fused-ring (bicyclic) bond motifs is 1. The maximum absolute atomic E-state index is 12.4. The molecule has 3 rings (SSSR count). The average molecular weight is 328 g/mol. The van der Waals surface area contributed by atoms with Gasteiger partial charge in [-0.3, -0.25) is 0 Å². The smallest absolute Gasteiger partial charge is 0.240 e. The van der Waals surface area contributed by atoms with E-state index >= 15 is 0 Å². The van der Waals surface area contributed by atoms with Gasteiger partial charge in [-0.1, -0.05) is 23.8 Å². The lowest BCUT2D eigenvalue weighted by Gasteiger charge is -2.10. The predicted octanol–water partition coefficient (Wildman–Crippen LogP) is 3.31. The first-order valence-corrected chi connectivity index (χ1v) is 9.07. The van der Waals surface area contributed by atoms with Gasteiger partial charge >= 0.3 is 0 Å². The molecule has 120 valence electrons. The summed E-state index contributed by atoms with van der Waals surface area (Å²) >= 11 is 0. The van der Waals surface area contributed by atoms with Crippen LogP contribution in [0.25, 0.3) is 10.9 Å². The van der Waals surface area contributed by atoms with Gasteiger partial charge in [-0.2, -0.15) is 0 Å². The molecule has 2 N–H and O–H groups in total. The quantitative estimate of drug-likeness (QED) is 0.755. The van der Waals surface area contributed by atoms with Gasteiger partial charge in [0.05, 0.1) is 4.90 Å². The molecule has 5 heteroatoms. The lowest BCUT2D eigenvalue weighted by atomic mass is 10.1. The molecule has 1 heterocycles. The Kier molecular flexibility index (Phi) is 4.24. The number of aromatic amines is 1. The van der Waals surface area contributed by atoms with Gasteiger partial charge in [-0.25, -0.2) is 13.1 Å². The van der Waals surface area contributed by atoms with Crippen LogP contribution in [0.3, 0.4) is 0 Å². The Morgan fingerprint density at radius 1 is 1.04 bits per heavy atom. The second-order valence-corrected chi connectivity index (χ2v) is 7.55. The number of benzene rings is 2. The van der Waals surface area contributed by atoms with Crippen LogP contribution in [-0.4, -0.2) is 19.9 Å². The Labute approximate surface area is 136 Å². The summed E-state index contributed by atoms with van der Waals surface area (Å²) in [5.41, 5.74) is 4.03. The zero-order chi connectivity index (χ0) is 16.4. The molecular formula is C18H20N2O2S. The van der Waals surface area contributed by atoms with Crippen molar-refractivity contribution in [3.8, 4) is 0 Å². The van der Waals surface area contributed by atoms with Crippen molar-refractivity contribution in [3.05, 3.63) is 65.4 Å². The summed E-state index contributed by atoms with van der Waals surface area (Å²) in [4.78, 5) is 3.50. The van der Waals surface area contributed by atoms with E-state index in [4.69, 9.17) is 0 Å². The molecule has 0 saturated heterocycles. The first kappa shape index (κ1) is 15.8. The summed E-state index contributed by atoms with van der Waals surface area (Å²) in [5, 5.41) is 1.14. The monoisotopic (exact) mass is 328 g/mol. The van der Waals surface area contributed by atoms with Gasteiger partial charge in [-0.15, -0.1) is 0 Å². The van der Waals surface area contributed by atoms with Gasteiger partial charge in [0.1, 0.15) is 0 Å². The van der Waals surface area contributed by atoms with Crippen LogP contribution in [0.2, 0.25) is 0 Å². The molecular weight excluding hydrogens is 308 g/mol. The van der Waals surface area contributed by atoms with Gasteiger partial charge < -0.3 is 4.98 Å². The van der Waals surface area contributed by atoms with Crippen molar-refractivity contribution in [1.29, 1.82) is 0 Å². The van der Waals surface area contributed by atoms with E-state index in [0.29, 0.717) is 17.9 Å². The lowest BCUT2D eigenvalue weighted by Crippen LogP contribution is -2.26. The first-order valence-electron chi connectivity index (χ1n) is 7.59. The number of hydrogen-bond acceptors (Lipinski definition) is 2. The molecule has 0 fully saturated rings. The van der Waals surface area contributed by atoms with Crippen LogP contribution in [0.15, 0.2) is 53.6 Å². The Bertz CT molecular complexity index is 943. The van der Waals surface area contributed by atoms with E-state index in [2.05, 4.69) is 15.8 Å². The summed E-state index contributed by atoms with van der Waals surface area (Å²) in [7, 11) is -3.47. The average Bonchev–Trinajstić information content (AvgIpc) is 2.94. The topological polar surface area (TPSA) is 62.0 Å². The third kappa shape index (κ3) is 3.46. The standard InChI is InChI=1S/C18H20N2O2S/c1-13-3-6-18(14(2)11-13)23(21,22)20-10-7-15-4-5-17-16(12-15)8-9-19-17/h3-6,8-9,11-12,19-20H,7,10H2,1-2H3. The van der Waals surface area contributed by atoms with Crippen molar-refractivity contribution >= 4 is 20.9 Å². The minimum Gasteiger partial charge on any atom is -0.361 e. The molecule has 0 amide bonds. The summed E-state index contributed by atoms with van der Waals surface area (Å²) < 4.78 is 27.5. The van der Waals surface area contributed by atoms with Crippen LogP contribution >= 0.6 is 0 Å². The summed E-state index contributed by atoms with van der Waals surface area (Å²) in [5.74, 6) is 0. The molecule has 0 atom stereocenters. The third-order valence-corrected chi connectivity index (χ3v) is 5.56. The molecule has 0 bridgehead atoms. The fourth-order valence-electron chi connectivity index (χ4n) is 2.77. The van der Waals surface area contributed by atoms with Gasteiger partial charge in [0.25, 0.3) is 0 Å². The number of nitrogens with one attached hydrogen (secondary N) is 2. The van der Waals surface area contributed by atoms with Crippen LogP contribution in [0.5, 0.6) is 0 Å². The summed E-state index contributed by atoms with van der Waals surface area (Å²) in [6, 6.07) is 13.5. The van der Waals surface area contributed by atoms with Crippen LogP contribution in [-0.2, 0) is 16.4 Å². The largest absolute Gasteiger partial charge is 0.361 e. The van der Waals surface area contributed by atoms with E-state index in [9.17, 15) is 8.42 Å². The molecule has 0 spiro atoms. The highest BCUT2D eigenvalue weighted by Crippen LogP contribution is 2.17. The van der Waals surface area contributed by atoms with Crippen LogP contribution in [0.4, 0.5) is 0 Å². The van der Waals surface area contributed by atoms with E-state index in [-0.39, 0.29) is 0 Å². The van der Waals surface area contributed by atoms with Gasteiger partial charge in [0.15, 0.2) is 0 Å². The molecule has 0 radical (unpaired) electrons. The number of sulfonamides is 1. The summed E-state index contributed by atoms with van der Waals surface area (Å²) in [6.07, 6.45) is 2.56. The molecule has 3 aromatic rings. The first-order chi connectivity index (χ1) is 11.0. The van der Waals surface area contributed by atoms with Crippen LogP contribution in [0, 0.1) is 13.8 Å². The summed E-state index contributed by atoms with van der Waals surface area (Å²) in [6.45, 7) is 4.15. The predicted molar refractivity (Wildman–Crippen MR) is 93.1 cm³/mol. The van der Waals surface area contributed by atoms with Crippen molar-refractivity contribution in [3.63, 3.8) is 0 Å². The minimum atomic E-state index is -3.47. The molecule has 4 nitrogen and oxygen atoms in total. The highest BCUT2D eigenvalue weighted by molar-refractivity contribution is 7.89. The molecule has 0 saturated carbocycles. The Hall–Kier alpha value is -2.11.